The third kappa shape index (κ3) is 4.30. The minimum atomic E-state index is -0.277. The standard InChI is InChI=1S/C24H28N4O2/c1-2-20(25)23-26-21(17-30-23)24(29)28-15-13-27(14-16-28)22(18-9-5-3-6-10-18)19-11-7-4-8-12-19/h3-12,17,20,22H,2,13-16,25H2,1H3. The van der Waals surface area contributed by atoms with E-state index in [1.54, 1.807) is 0 Å². The van der Waals surface area contributed by atoms with Gasteiger partial charge in [-0.2, -0.15) is 0 Å². The van der Waals surface area contributed by atoms with Gasteiger partial charge >= 0.3 is 0 Å². The minimum Gasteiger partial charge on any atom is -0.446 e. The number of nitrogens with two attached hydrogens (primary N) is 1. The Balaban J connectivity index is 1.47. The lowest BCUT2D eigenvalue weighted by molar-refractivity contribution is 0.0591. The van der Waals surface area contributed by atoms with E-state index in [1.165, 1.54) is 17.4 Å². The summed E-state index contributed by atoms with van der Waals surface area (Å²) in [6.45, 7) is 4.85. The number of hydrogen-bond donors (Lipinski definition) is 1. The molecule has 1 saturated heterocycles. The molecule has 0 aliphatic carbocycles. The van der Waals surface area contributed by atoms with E-state index in [4.69, 9.17) is 10.2 Å². The predicted molar refractivity (Wildman–Crippen MR) is 116 cm³/mol. The Morgan fingerprint density at radius 1 is 1.00 bits per heavy atom. The molecule has 1 unspecified atom stereocenters. The van der Waals surface area contributed by atoms with Crippen LogP contribution in [0, 0.1) is 0 Å². The Morgan fingerprint density at radius 2 is 1.57 bits per heavy atom. The molecule has 0 saturated carbocycles. The van der Waals surface area contributed by atoms with Crippen molar-refractivity contribution in [2.45, 2.75) is 25.4 Å². The van der Waals surface area contributed by atoms with Crippen molar-refractivity contribution in [3.63, 3.8) is 0 Å². The van der Waals surface area contributed by atoms with E-state index in [2.05, 4.69) is 58.4 Å². The molecule has 1 aliphatic heterocycles. The maximum atomic E-state index is 12.9. The Kier molecular flexibility index (Phi) is 6.26. The molecule has 2 N–H and O–H groups in total. The van der Waals surface area contributed by atoms with Crippen molar-refractivity contribution in [2.75, 3.05) is 26.2 Å². The molecule has 3 aromatic rings. The molecular formula is C24H28N4O2. The molecule has 0 bridgehead atoms. The highest BCUT2D eigenvalue weighted by molar-refractivity contribution is 5.92. The smallest absolute Gasteiger partial charge is 0.275 e. The number of piperazine rings is 1. The van der Waals surface area contributed by atoms with Gasteiger partial charge in [-0.05, 0) is 17.5 Å². The maximum absolute atomic E-state index is 12.9. The van der Waals surface area contributed by atoms with Crippen molar-refractivity contribution >= 4 is 5.91 Å². The van der Waals surface area contributed by atoms with Crippen LogP contribution in [0.2, 0.25) is 0 Å². The molecule has 1 fully saturated rings. The first-order valence-electron chi connectivity index (χ1n) is 10.5. The number of amides is 1. The molecule has 6 heteroatoms. The SMILES string of the molecule is CCC(N)c1nc(C(=O)N2CCN(C(c3ccccc3)c3ccccc3)CC2)co1. The molecule has 6 nitrogen and oxygen atoms in total. The van der Waals surface area contributed by atoms with Crippen LogP contribution in [0.15, 0.2) is 71.3 Å². The van der Waals surface area contributed by atoms with E-state index in [-0.39, 0.29) is 18.0 Å². The number of carbonyl (C=O) groups is 1. The average Bonchev–Trinajstić information content (AvgIpc) is 3.31. The van der Waals surface area contributed by atoms with E-state index in [0.29, 0.717) is 31.1 Å². The first-order chi connectivity index (χ1) is 14.7. The van der Waals surface area contributed by atoms with Crippen molar-refractivity contribution in [3.05, 3.63) is 89.6 Å². The quantitative estimate of drug-likeness (QED) is 0.679. The molecule has 1 aliphatic rings. The largest absolute Gasteiger partial charge is 0.446 e. The number of carbonyl (C=O) groups excluding carboxylic acids is 1. The molecule has 4 rings (SSSR count). The van der Waals surface area contributed by atoms with Crippen LogP contribution in [-0.4, -0.2) is 46.9 Å². The lowest BCUT2D eigenvalue weighted by Gasteiger charge is -2.39. The molecule has 2 heterocycles. The van der Waals surface area contributed by atoms with Crippen LogP contribution < -0.4 is 5.73 Å². The summed E-state index contributed by atoms with van der Waals surface area (Å²) in [5.41, 5.74) is 8.82. The highest BCUT2D eigenvalue weighted by Crippen LogP contribution is 2.29. The third-order valence-corrected chi connectivity index (χ3v) is 5.70. The summed E-state index contributed by atoms with van der Waals surface area (Å²) in [4.78, 5) is 21.5. The molecule has 156 valence electrons. The van der Waals surface area contributed by atoms with Crippen molar-refractivity contribution < 1.29 is 9.21 Å². The molecule has 1 aromatic heterocycles. The van der Waals surface area contributed by atoms with Crippen LogP contribution in [0.3, 0.4) is 0 Å². The summed E-state index contributed by atoms with van der Waals surface area (Å²) >= 11 is 0. The van der Waals surface area contributed by atoms with Gasteiger partial charge in [0.2, 0.25) is 5.89 Å². The Bertz CT molecular complexity index is 910. The van der Waals surface area contributed by atoms with Gasteiger partial charge in [0.15, 0.2) is 5.69 Å². The van der Waals surface area contributed by atoms with Crippen LogP contribution in [-0.2, 0) is 0 Å². The lowest BCUT2D eigenvalue weighted by atomic mass is 9.96. The number of nitrogens with zero attached hydrogens (tertiary/aromatic N) is 3. The molecule has 1 amide bonds. The summed E-state index contributed by atoms with van der Waals surface area (Å²) in [5, 5.41) is 0. The fourth-order valence-electron chi connectivity index (χ4n) is 3.96. The normalized spacial score (nSPS) is 16.0. The van der Waals surface area contributed by atoms with Gasteiger partial charge in [-0.25, -0.2) is 4.98 Å². The third-order valence-electron chi connectivity index (χ3n) is 5.70. The molecule has 0 spiro atoms. The summed E-state index contributed by atoms with van der Waals surface area (Å²) in [6, 6.07) is 21.0. The Labute approximate surface area is 177 Å². The van der Waals surface area contributed by atoms with Crippen LogP contribution in [0.1, 0.15) is 52.9 Å². The van der Waals surface area contributed by atoms with Gasteiger partial charge in [-0.1, -0.05) is 67.6 Å². The van der Waals surface area contributed by atoms with E-state index < -0.39 is 0 Å². The van der Waals surface area contributed by atoms with Gasteiger partial charge in [-0.15, -0.1) is 0 Å². The molecule has 0 radical (unpaired) electrons. The van der Waals surface area contributed by atoms with E-state index in [9.17, 15) is 4.79 Å². The zero-order valence-electron chi connectivity index (χ0n) is 17.3. The fraction of sp³-hybridized carbons (Fsp3) is 0.333. The van der Waals surface area contributed by atoms with Gasteiger partial charge in [0.05, 0.1) is 12.1 Å². The number of benzene rings is 2. The predicted octanol–water partition coefficient (Wildman–Crippen LogP) is 3.63. The zero-order valence-corrected chi connectivity index (χ0v) is 17.3. The van der Waals surface area contributed by atoms with Crippen molar-refractivity contribution in [1.29, 1.82) is 0 Å². The van der Waals surface area contributed by atoms with Crippen LogP contribution in [0.5, 0.6) is 0 Å². The van der Waals surface area contributed by atoms with Gasteiger partial charge in [0.25, 0.3) is 5.91 Å². The second kappa shape index (κ2) is 9.24. The molecule has 1 atom stereocenters. The zero-order chi connectivity index (χ0) is 20.9. The van der Waals surface area contributed by atoms with Crippen LogP contribution >= 0.6 is 0 Å². The van der Waals surface area contributed by atoms with Gasteiger partial charge < -0.3 is 15.1 Å². The number of hydrogen-bond acceptors (Lipinski definition) is 5. The van der Waals surface area contributed by atoms with Crippen LogP contribution in [0.4, 0.5) is 0 Å². The highest BCUT2D eigenvalue weighted by atomic mass is 16.3. The summed E-state index contributed by atoms with van der Waals surface area (Å²) in [5.74, 6) is 0.330. The first-order valence-corrected chi connectivity index (χ1v) is 10.5. The number of aromatic nitrogens is 1. The summed E-state index contributed by atoms with van der Waals surface area (Å²) in [7, 11) is 0. The highest BCUT2D eigenvalue weighted by Gasteiger charge is 2.29. The van der Waals surface area contributed by atoms with Gasteiger partial charge in [0, 0.05) is 26.2 Å². The number of rotatable bonds is 6. The van der Waals surface area contributed by atoms with E-state index in [0.717, 1.165) is 13.1 Å². The molecule has 2 aromatic carbocycles. The van der Waals surface area contributed by atoms with E-state index in [1.807, 2.05) is 24.0 Å². The second-order valence-electron chi connectivity index (χ2n) is 7.64. The van der Waals surface area contributed by atoms with Crippen molar-refractivity contribution in [3.8, 4) is 0 Å². The summed E-state index contributed by atoms with van der Waals surface area (Å²) in [6.07, 6.45) is 2.14. The average molecular weight is 405 g/mol. The second-order valence-corrected chi connectivity index (χ2v) is 7.64. The minimum absolute atomic E-state index is 0.0936. The summed E-state index contributed by atoms with van der Waals surface area (Å²) < 4.78 is 5.41. The Hall–Kier alpha value is -2.96. The van der Waals surface area contributed by atoms with E-state index >= 15 is 0 Å². The topological polar surface area (TPSA) is 75.6 Å². The molecular weight excluding hydrogens is 376 g/mol. The van der Waals surface area contributed by atoms with Gasteiger partial charge in [-0.3, -0.25) is 9.69 Å². The Morgan fingerprint density at radius 3 is 2.10 bits per heavy atom. The number of oxazole rings is 1. The van der Waals surface area contributed by atoms with Crippen LogP contribution in [0.25, 0.3) is 0 Å². The van der Waals surface area contributed by atoms with Crippen molar-refractivity contribution in [2.24, 2.45) is 5.73 Å². The monoisotopic (exact) mass is 404 g/mol. The first kappa shape index (κ1) is 20.3. The molecule has 30 heavy (non-hydrogen) atoms. The van der Waals surface area contributed by atoms with Crippen molar-refractivity contribution in [1.82, 2.24) is 14.8 Å². The lowest BCUT2D eigenvalue weighted by Crippen LogP contribution is -2.50. The maximum Gasteiger partial charge on any atom is 0.275 e. The fourth-order valence-corrected chi connectivity index (χ4v) is 3.96. The van der Waals surface area contributed by atoms with Gasteiger partial charge in [0.1, 0.15) is 6.26 Å².